The molecule has 0 aliphatic rings. The summed E-state index contributed by atoms with van der Waals surface area (Å²) in [7, 11) is -2.44. The summed E-state index contributed by atoms with van der Waals surface area (Å²) < 4.78 is 32.0. The first-order valence-corrected chi connectivity index (χ1v) is 9.51. The largest absolute Gasteiger partial charge is 0.465 e. The fourth-order valence-corrected chi connectivity index (χ4v) is 4.02. The Kier molecular flexibility index (Phi) is 6.66. The van der Waals surface area contributed by atoms with E-state index in [-0.39, 0.29) is 10.5 Å². The van der Waals surface area contributed by atoms with Crippen molar-refractivity contribution in [3.05, 3.63) is 59.9 Å². The summed E-state index contributed by atoms with van der Waals surface area (Å²) in [5.41, 5.74) is 1.05. The molecule has 6 nitrogen and oxygen atoms in total. The van der Waals surface area contributed by atoms with Gasteiger partial charge in [0.2, 0.25) is 10.0 Å². The number of rotatable bonds is 8. The number of hydrogen-bond acceptors (Lipinski definition) is 5. The van der Waals surface area contributed by atoms with Crippen molar-refractivity contribution in [1.82, 2.24) is 9.29 Å². The molecule has 0 aliphatic carbocycles. The average molecular weight is 362 g/mol. The van der Waals surface area contributed by atoms with Gasteiger partial charge in [-0.25, -0.2) is 13.2 Å². The van der Waals surface area contributed by atoms with Gasteiger partial charge in [-0.15, -0.1) is 0 Å². The standard InChI is InChI=1S/C18H22N2O4S/c1-3-12-20(13-10-16-8-4-5-11-19-16)25(22,23)17-9-6-7-15(14-17)18(21)24-2/h4-9,11,14H,3,10,12-13H2,1-2H3. The van der Waals surface area contributed by atoms with Crippen LogP contribution in [-0.4, -0.2) is 43.9 Å². The molecule has 25 heavy (non-hydrogen) atoms. The summed E-state index contributed by atoms with van der Waals surface area (Å²) in [6.45, 7) is 2.65. The van der Waals surface area contributed by atoms with Crippen molar-refractivity contribution in [1.29, 1.82) is 0 Å². The van der Waals surface area contributed by atoms with E-state index in [2.05, 4.69) is 9.72 Å². The van der Waals surface area contributed by atoms with Gasteiger partial charge in [0.05, 0.1) is 17.6 Å². The van der Waals surface area contributed by atoms with Crippen molar-refractivity contribution < 1.29 is 17.9 Å². The number of benzene rings is 1. The zero-order valence-corrected chi connectivity index (χ0v) is 15.2. The molecule has 0 fully saturated rings. The molecule has 0 bridgehead atoms. The molecule has 0 saturated carbocycles. The van der Waals surface area contributed by atoms with E-state index in [9.17, 15) is 13.2 Å². The van der Waals surface area contributed by atoms with Crippen LogP contribution >= 0.6 is 0 Å². The van der Waals surface area contributed by atoms with Gasteiger partial charge in [-0.3, -0.25) is 4.98 Å². The van der Waals surface area contributed by atoms with Gasteiger partial charge in [0.15, 0.2) is 0 Å². The minimum absolute atomic E-state index is 0.0878. The number of esters is 1. The highest BCUT2D eigenvalue weighted by molar-refractivity contribution is 7.89. The molecule has 1 heterocycles. The molecule has 134 valence electrons. The van der Waals surface area contributed by atoms with E-state index in [1.54, 1.807) is 12.3 Å². The zero-order valence-electron chi connectivity index (χ0n) is 14.4. The monoisotopic (exact) mass is 362 g/mol. The van der Waals surface area contributed by atoms with Crippen LogP contribution in [0.4, 0.5) is 0 Å². The van der Waals surface area contributed by atoms with E-state index in [1.165, 1.54) is 29.6 Å². The molecule has 0 atom stereocenters. The summed E-state index contributed by atoms with van der Waals surface area (Å²) in [6, 6.07) is 11.5. The Morgan fingerprint density at radius 3 is 2.60 bits per heavy atom. The normalized spacial score (nSPS) is 11.5. The van der Waals surface area contributed by atoms with Gasteiger partial charge in [-0.05, 0) is 36.8 Å². The van der Waals surface area contributed by atoms with Crippen LogP contribution in [0.15, 0.2) is 53.6 Å². The Balaban J connectivity index is 2.25. The molecule has 2 aromatic rings. The number of hydrogen-bond donors (Lipinski definition) is 0. The highest BCUT2D eigenvalue weighted by atomic mass is 32.2. The lowest BCUT2D eigenvalue weighted by molar-refractivity contribution is 0.0600. The lowest BCUT2D eigenvalue weighted by Gasteiger charge is -2.21. The molecular formula is C18H22N2O4S. The molecule has 0 radical (unpaired) electrons. The minimum Gasteiger partial charge on any atom is -0.465 e. The Morgan fingerprint density at radius 1 is 1.16 bits per heavy atom. The van der Waals surface area contributed by atoms with E-state index in [0.29, 0.717) is 25.9 Å². The van der Waals surface area contributed by atoms with Crippen molar-refractivity contribution in [3.63, 3.8) is 0 Å². The maximum absolute atomic E-state index is 13.0. The van der Waals surface area contributed by atoms with Gasteiger partial charge in [-0.2, -0.15) is 4.31 Å². The van der Waals surface area contributed by atoms with E-state index in [4.69, 9.17) is 0 Å². The predicted molar refractivity (Wildman–Crippen MR) is 94.8 cm³/mol. The molecule has 7 heteroatoms. The van der Waals surface area contributed by atoms with Crippen molar-refractivity contribution in [2.75, 3.05) is 20.2 Å². The first-order chi connectivity index (χ1) is 12.0. The van der Waals surface area contributed by atoms with Gasteiger partial charge >= 0.3 is 5.97 Å². The first kappa shape index (κ1) is 19.1. The number of ether oxygens (including phenoxy) is 1. The van der Waals surface area contributed by atoms with Crippen molar-refractivity contribution >= 4 is 16.0 Å². The van der Waals surface area contributed by atoms with E-state index in [1.807, 2.05) is 25.1 Å². The topological polar surface area (TPSA) is 76.6 Å². The summed E-state index contributed by atoms with van der Waals surface area (Å²) in [5, 5.41) is 0. The number of aromatic nitrogens is 1. The summed E-state index contributed by atoms with van der Waals surface area (Å²) in [4.78, 5) is 16.0. The van der Waals surface area contributed by atoms with Gasteiger partial charge in [0.25, 0.3) is 0 Å². The number of methoxy groups -OCH3 is 1. The third-order valence-corrected chi connectivity index (χ3v) is 5.60. The van der Waals surface area contributed by atoms with Crippen LogP contribution in [0, 0.1) is 0 Å². The van der Waals surface area contributed by atoms with E-state index >= 15 is 0 Å². The third-order valence-electron chi connectivity index (χ3n) is 3.71. The summed E-state index contributed by atoms with van der Waals surface area (Å²) in [6.07, 6.45) is 2.91. The van der Waals surface area contributed by atoms with Gasteiger partial charge in [0, 0.05) is 31.4 Å². The molecule has 0 spiro atoms. The molecule has 1 aromatic carbocycles. The zero-order chi connectivity index (χ0) is 18.3. The molecule has 2 rings (SSSR count). The maximum atomic E-state index is 13.0. The van der Waals surface area contributed by atoms with E-state index in [0.717, 1.165) is 5.69 Å². The second-order valence-electron chi connectivity index (χ2n) is 5.49. The van der Waals surface area contributed by atoms with Crippen LogP contribution in [0.3, 0.4) is 0 Å². The predicted octanol–water partition coefficient (Wildman–Crippen LogP) is 2.51. The van der Waals surface area contributed by atoms with Crippen LogP contribution in [0.5, 0.6) is 0 Å². The van der Waals surface area contributed by atoms with Crippen molar-refractivity contribution in [3.8, 4) is 0 Å². The maximum Gasteiger partial charge on any atom is 0.337 e. The van der Waals surface area contributed by atoms with Crippen molar-refractivity contribution in [2.45, 2.75) is 24.7 Å². The molecule has 0 aliphatic heterocycles. The second kappa shape index (κ2) is 8.73. The number of pyridine rings is 1. The summed E-state index contributed by atoms with van der Waals surface area (Å²) >= 11 is 0. The third kappa shape index (κ3) is 4.87. The molecular weight excluding hydrogens is 340 g/mol. The SMILES string of the molecule is CCCN(CCc1ccccn1)S(=O)(=O)c1cccc(C(=O)OC)c1. The molecule has 0 saturated heterocycles. The number of sulfonamides is 1. The van der Waals surface area contributed by atoms with E-state index < -0.39 is 16.0 Å². The molecule has 0 N–H and O–H groups in total. The van der Waals surface area contributed by atoms with Crippen molar-refractivity contribution in [2.24, 2.45) is 0 Å². The second-order valence-corrected chi connectivity index (χ2v) is 7.43. The van der Waals surface area contributed by atoms with Gasteiger partial charge < -0.3 is 4.74 Å². The average Bonchev–Trinajstić information content (AvgIpc) is 2.65. The highest BCUT2D eigenvalue weighted by Crippen LogP contribution is 2.18. The highest BCUT2D eigenvalue weighted by Gasteiger charge is 2.24. The number of carbonyl (C=O) groups is 1. The number of carbonyl (C=O) groups excluding carboxylic acids is 1. The van der Waals surface area contributed by atoms with Crippen LogP contribution in [0.25, 0.3) is 0 Å². The molecule has 0 unspecified atom stereocenters. The smallest absolute Gasteiger partial charge is 0.337 e. The Labute approximate surface area is 148 Å². The lowest BCUT2D eigenvalue weighted by atomic mass is 10.2. The first-order valence-electron chi connectivity index (χ1n) is 8.07. The van der Waals surface area contributed by atoms with Crippen LogP contribution in [0.2, 0.25) is 0 Å². The molecule has 1 aromatic heterocycles. The van der Waals surface area contributed by atoms with Crippen LogP contribution in [-0.2, 0) is 21.2 Å². The Hall–Kier alpha value is -2.25. The molecule has 0 amide bonds. The van der Waals surface area contributed by atoms with Crippen LogP contribution in [0.1, 0.15) is 29.4 Å². The quantitative estimate of drug-likeness (QED) is 0.675. The Morgan fingerprint density at radius 2 is 1.96 bits per heavy atom. The summed E-state index contributed by atoms with van der Waals surface area (Å²) in [5.74, 6) is -0.562. The van der Waals surface area contributed by atoms with Crippen LogP contribution < -0.4 is 0 Å². The fraction of sp³-hybridized carbons (Fsp3) is 0.333. The fourth-order valence-electron chi connectivity index (χ4n) is 2.44. The lowest BCUT2D eigenvalue weighted by Crippen LogP contribution is -2.34. The minimum atomic E-state index is -3.70. The van der Waals surface area contributed by atoms with Gasteiger partial charge in [-0.1, -0.05) is 19.1 Å². The Bertz CT molecular complexity index is 807. The van der Waals surface area contributed by atoms with Gasteiger partial charge in [0.1, 0.15) is 0 Å². The number of nitrogens with zero attached hydrogens (tertiary/aromatic N) is 2.